The Morgan fingerprint density at radius 2 is 0.614 bits per heavy atom. The molecule has 0 aliphatic heterocycles. The zero-order valence-electron chi connectivity index (χ0n) is 24.2. The third-order valence-corrected chi connectivity index (χ3v) is 9.20. The van der Waals surface area contributed by atoms with Crippen LogP contribution < -0.4 is 0 Å². The molecule has 0 aromatic heterocycles. The van der Waals surface area contributed by atoms with Crippen molar-refractivity contribution in [1.82, 2.24) is 0 Å². The molecule has 0 spiro atoms. The normalized spacial score (nSPS) is 11.6. The van der Waals surface area contributed by atoms with E-state index >= 15 is 0 Å². The highest BCUT2D eigenvalue weighted by molar-refractivity contribution is 6.22. The van der Waals surface area contributed by atoms with E-state index in [0.717, 1.165) is 0 Å². The summed E-state index contributed by atoms with van der Waals surface area (Å²) in [6, 6.07) is 62.3. The maximum atomic E-state index is 2.37. The fourth-order valence-electron chi connectivity index (χ4n) is 7.13. The van der Waals surface area contributed by atoms with Crippen molar-refractivity contribution in [1.29, 1.82) is 0 Å². The molecule has 0 atom stereocenters. The van der Waals surface area contributed by atoms with Crippen molar-refractivity contribution in [3.63, 3.8) is 0 Å². The molecular weight excluding hydrogens is 528 g/mol. The van der Waals surface area contributed by atoms with Gasteiger partial charge in [-0.25, -0.2) is 0 Å². The number of fused-ring (bicyclic) bond motifs is 6. The molecule has 0 amide bonds. The summed E-state index contributed by atoms with van der Waals surface area (Å²) in [7, 11) is 0. The summed E-state index contributed by atoms with van der Waals surface area (Å²) in [6.45, 7) is 0. The standard InChI is InChI=1S/C44H28/c1-2-10-29(11-3-1)31-19-20-33-27-35(23-21-32(33)26-31)43-39-14-6-8-16-41(39)44(42-17-9-7-15-40(42)43)36-24-25-38-34(28-36)22-18-30-12-4-5-13-37(30)38/h1-28H. The maximum absolute atomic E-state index is 2.37. The molecule has 0 N–H and O–H groups in total. The molecule has 0 unspecified atom stereocenters. The van der Waals surface area contributed by atoms with Crippen LogP contribution >= 0.6 is 0 Å². The molecule has 0 saturated carbocycles. The highest BCUT2D eigenvalue weighted by atomic mass is 14.2. The van der Waals surface area contributed by atoms with Crippen LogP contribution in [0.2, 0.25) is 0 Å². The third-order valence-electron chi connectivity index (χ3n) is 9.20. The van der Waals surface area contributed by atoms with E-state index in [-0.39, 0.29) is 0 Å². The first kappa shape index (κ1) is 24.8. The minimum absolute atomic E-state index is 1.24. The molecule has 204 valence electrons. The first-order chi connectivity index (χ1) is 21.8. The first-order valence-electron chi connectivity index (χ1n) is 15.3. The lowest BCUT2D eigenvalue weighted by atomic mass is 9.85. The number of benzene rings is 9. The van der Waals surface area contributed by atoms with Gasteiger partial charge >= 0.3 is 0 Å². The summed E-state index contributed by atoms with van der Waals surface area (Å²) < 4.78 is 0. The Kier molecular flexibility index (Phi) is 5.61. The van der Waals surface area contributed by atoms with E-state index in [0.29, 0.717) is 0 Å². The van der Waals surface area contributed by atoms with E-state index < -0.39 is 0 Å². The molecule has 0 aliphatic carbocycles. The zero-order chi connectivity index (χ0) is 29.0. The van der Waals surface area contributed by atoms with Gasteiger partial charge in [0.1, 0.15) is 0 Å². The number of rotatable bonds is 3. The molecule has 9 rings (SSSR count). The minimum atomic E-state index is 1.24. The van der Waals surface area contributed by atoms with E-state index in [1.807, 2.05) is 0 Å². The molecule has 0 heteroatoms. The van der Waals surface area contributed by atoms with Gasteiger partial charge in [-0.15, -0.1) is 0 Å². The minimum Gasteiger partial charge on any atom is -0.0622 e. The predicted molar refractivity (Wildman–Crippen MR) is 190 cm³/mol. The second kappa shape index (κ2) is 9.93. The number of hydrogen-bond acceptors (Lipinski definition) is 0. The molecule has 9 aromatic carbocycles. The molecule has 0 fully saturated rings. The second-order valence-electron chi connectivity index (χ2n) is 11.7. The van der Waals surface area contributed by atoms with Crippen molar-refractivity contribution in [2.75, 3.05) is 0 Å². The first-order valence-corrected chi connectivity index (χ1v) is 15.3. The van der Waals surface area contributed by atoms with Gasteiger partial charge in [-0.2, -0.15) is 0 Å². The van der Waals surface area contributed by atoms with Crippen LogP contribution in [0.5, 0.6) is 0 Å². The fourth-order valence-corrected chi connectivity index (χ4v) is 7.13. The lowest BCUT2D eigenvalue weighted by Gasteiger charge is -2.18. The van der Waals surface area contributed by atoms with Crippen LogP contribution in [0.4, 0.5) is 0 Å². The molecule has 0 radical (unpaired) electrons. The summed E-state index contributed by atoms with van der Waals surface area (Å²) in [5.74, 6) is 0. The van der Waals surface area contributed by atoms with Crippen molar-refractivity contribution < 1.29 is 0 Å². The maximum Gasteiger partial charge on any atom is -0.00262 e. The van der Waals surface area contributed by atoms with Gasteiger partial charge in [-0.3, -0.25) is 0 Å². The Labute approximate surface area is 256 Å². The molecule has 0 aliphatic rings. The van der Waals surface area contributed by atoms with Gasteiger partial charge in [0.2, 0.25) is 0 Å². The third kappa shape index (κ3) is 3.92. The molecule has 0 heterocycles. The fraction of sp³-hybridized carbons (Fsp3) is 0. The van der Waals surface area contributed by atoms with E-state index in [1.54, 1.807) is 0 Å². The van der Waals surface area contributed by atoms with Crippen LogP contribution in [0.1, 0.15) is 0 Å². The van der Waals surface area contributed by atoms with Crippen LogP contribution in [-0.4, -0.2) is 0 Å². The molecule has 0 saturated heterocycles. The Hall–Kier alpha value is -5.72. The summed E-state index contributed by atoms with van der Waals surface area (Å²) in [5.41, 5.74) is 7.57. The van der Waals surface area contributed by atoms with Crippen molar-refractivity contribution in [2.24, 2.45) is 0 Å². The van der Waals surface area contributed by atoms with Crippen LogP contribution in [0.15, 0.2) is 170 Å². The highest BCUT2D eigenvalue weighted by Gasteiger charge is 2.17. The monoisotopic (exact) mass is 556 g/mol. The van der Waals surface area contributed by atoms with Crippen LogP contribution in [0.3, 0.4) is 0 Å². The average molecular weight is 557 g/mol. The van der Waals surface area contributed by atoms with E-state index in [2.05, 4.69) is 170 Å². The highest BCUT2D eigenvalue weighted by Crippen LogP contribution is 2.45. The molecule has 0 nitrogen and oxygen atoms in total. The Morgan fingerprint density at radius 1 is 0.205 bits per heavy atom. The topological polar surface area (TPSA) is 0 Å². The summed E-state index contributed by atoms with van der Waals surface area (Å²) in [6.07, 6.45) is 0. The summed E-state index contributed by atoms with van der Waals surface area (Å²) in [4.78, 5) is 0. The van der Waals surface area contributed by atoms with Crippen molar-refractivity contribution in [3.05, 3.63) is 170 Å². The molecule has 9 aromatic rings. The van der Waals surface area contributed by atoms with E-state index in [4.69, 9.17) is 0 Å². The Bertz CT molecular complexity index is 2480. The predicted octanol–water partition coefficient (Wildman–Crippen LogP) is 12.5. The lowest BCUT2D eigenvalue weighted by Crippen LogP contribution is -1.91. The van der Waals surface area contributed by atoms with Crippen LogP contribution in [0.25, 0.3) is 87.2 Å². The van der Waals surface area contributed by atoms with Gasteiger partial charge in [-0.1, -0.05) is 152 Å². The summed E-state index contributed by atoms with van der Waals surface area (Å²) >= 11 is 0. The summed E-state index contributed by atoms with van der Waals surface area (Å²) in [5, 5.41) is 12.8. The van der Waals surface area contributed by atoms with E-state index in [9.17, 15) is 0 Å². The van der Waals surface area contributed by atoms with Crippen LogP contribution in [0, 0.1) is 0 Å². The quantitative estimate of drug-likeness (QED) is 0.150. The largest absolute Gasteiger partial charge is 0.0622 e. The zero-order valence-corrected chi connectivity index (χ0v) is 24.2. The van der Waals surface area contributed by atoms with E-state index in [1.165, 1.54) is 87.2 Å². The van der Waals surface area contributed by atoms with Gasteiger partial charge < -0.3 is 0 Å². The second-order valence-corrected chi connectivity index (χ2v) is 11.7. The van der Waals surface area contributed by atoms with Gasteiger partial charge in [0.05, 0.1) is 0 Å². The number of hydrogen-bond donors (Lipinski definition) is 0. The van der Waals surface area contributed by atoms with Crippen molar-refractivity contribution in [2.45, 2.75) is 0 Å². The molecule has 0 bridgehead atoms. The molecule has 44 heavy (non-hydrogen) atoms. The Morgan fingerprint density at radius 3 is 1.25 bits per heavy atom. The smallest absolute Gasteiger partial charge is 0.00262 e. The van der Waals surface area contributed by atoms with Gasteiger partial charge in [0.25, 0.3) is 0 Å². The SMILES string of the molecule is c1ccc(-c2ccc3cc(-c4c5ccccc5c(-c5ccc6c(ccc7ccccc76)c5)c5ccccc45)ccc3c2)cc1. The van der Waals surface area contributed by atoms with Gasteiger partial charge in [0.15, 0.2) is 0 Å². The van der Waals surface area contributed by atoms with Gasteiger partial charge in [-0.05, 0) is 105 Å². The van der Waals surface area contributed by atoms with Crippen molar-refractivity contribution >= 4 is 53.9 Å². The average Bonchev–Trinajstić information content (AvgIpc) is 3.10. The lowest BCUT2D eigenvalue weighted by molar-refractivity contribution is 1.64. The Balaban J connectivity index is 1.27. The van der Waals surface area contributed by atoms with Crippen LogP contribution in [-0.2, 0) is 0 Å². The molecular formula is C44H28. The van der Waals surface area contributed by atoms with Crippen molar-refractivity contribution in [3.8, 4) is 33.4 Å². The van der Waals surface area contributed by atoms with Gasteiger partial charge in [0, 0.05) is 0 Å².